The number of hydrogen-bond donors (Lipinski definition) is 0. The van der Waals surface area contributed by atoms with Crippen molar-refractivity contribution in [2.45, 2.75) is 13.8 Å². The molecule has 1 aromatic heterocycles. The fraction of sp³-hybridized carbons (Fsp3) is 0.375. The first-order valence-electron chi connectivity index (χ1n) is 3.32. The third-order valence-electron chi connectivity index (χ3n) is 1.59. The monoisotopic (exact) mass is 152 g/mol. The summed E-state index contributed by atoms with van der Waals surface area (Å²) in [7, 11) is 1.55. The maximum Gasteiger partial charge on any atom is 0.290 e. The van der Waals surface area contributed by atoms with Crippen molar-refractivity contribution < 1.29 is 9.47 Å². The Bertz CT molecular complexity index is 271. The Balaban J connectivity index is 3.29. The van der Waals surface area contributed by atoms with E-state index in [0.29, 0.717) is 16.2 Å². The zero-order valence-corrected chi connectivity index (χ0v) is 6.84. The van der Waals surface area contributed by atoms with E-state index < -0.39 is 0 Å². The first-order valence-corrected chi connectivity index (χ1v) is 3.32. The normalized spacial score (nSPS) is 9.73. The van der Waals surface area contributed by atoms with Crippen LogP contribution in [0.2, 0.25) is 0 Å². The number of methoxy groups -OCH3 is 1. The predicted octanol–water partition coefficient (Wildman–Crippen LogP) is 0.746. The molecule has 1 aromatic rings. The van der Waals surface area contributed by atoms with E-state index in [9.17, 15) is 5.21 Å². The Morgan fingerprint density at radius 3 is 2.64 bits per heavy atom. The molecule has 0 saturated carbocycles. The lowest BCUT2D eigenvalue weighted by atomic mass is 10.2. The zero-order chi connectivity index (χ0) is 8.43. The minimum Gasteiger partial charge on any atom is -0.618 e. The van der Waals surface area contributed by atoms with Crippen molar-refractivity contribution >= 4 is 0 Å². The first-order chi connectivity index (χ1) is 5.16. The van der Waals surface area contributed by atoms with Crippen molar-refractivity contribution in [1.29, 1.82) is 0 Å². The number of rotatable bonds is 1. The minimum atomic E-state index is 0.549. The molecule has 11 heavy (non-hydrogen) atoms. The van der Waals surface area contributed by atoms with Crippen LogP contribution in [0, 0.1) is 25.3 Å². The van der Waals surface area contributed by atoms with Crippen LogP contribution in [-0.4, -0.2) is 7.11 Å². The van der Waals surface area contributed by atoms with Gasteiger partial charge in [-0.15, -0.1) is 0 Å². The summed E-state index contributed by atoms with van der Waals surface area (Å²) in [6, 6.07) is 1.61. The number of aromatic nitrogens is 1. The number of nitrogens with zero attached hydrogens (tertiary/aromatic N) is 1. The molecule has 59 valence electrons. The first kappa shape index (κ1) is 7.85. The van der Waals surface area contributed by atoms with Crippen molar-refractivity contribution in [2.75, 3.05) is 7.11 Å². The molecule has 0 aromatic carbocycles. The summed E-state index contributed by atoms with van der Waals surface area (Å²) < 4.78 is 5.69. The van der Waals surface area contributed by atoms with Gasteiger partial charge in [-0.1, -0.05) is 0 Å². The molecular formula is C8H10NO2. The molecule has 1 heterocycles. The number of hydrogen-bond acceptors (Lipinski definition) is 2. The van der Waals surface area contributed by atoms with E-state index in [4.69, 9.17) is 4.74 Å². The third kappa shape index (κ3) is 1.27. The number of aryl methyl sites for hydroxylation is 1. The van der Waals surface area contributed by atoms with E-state index in [1.54, 1.807) is 20.1 Å². The lowest BCUT2D eigenvalue weighted by molar-refractivity contribution is -0.617. The molecule has 0 aliphatic carbocycles. The van der Waals surface area contributed by atoms with Gasteiger partial charge in [-0.2, -0.15) is 4.73 Å². The van der Waals surface area contributed by atoms with Gasteiger partial charge in [0.1, 0.15) is 0 Å². The Hall–Kier alpha value is -1.25. The smallest absolute Gasteiger partial charge is 0.290 e. The third-order valence-corrected chi connectivity index (χ3v) is 1.59. The van der Waals surface area contributed by atoms with E-state index in [2.05, 4.69) is 6.20 Å². The molecule has 0 amide bonds. The fourth-order valence-electron chi connectivity index (χ4n) is 1.00. The lowest BCUT2D eigenvalue weighted by Gasteiger charge is -2.06. The van der Waals surface area contributed by atoms with Gasteiger partial charge in [-0.3, -0.25) is 0 Å². The topological polar surface area (TPSA) is 36.2 Å². The van der Waals surface area contributed by atoms with E-state index >= 15 is 0 Å². The second kappa shape index (κ2) is 2.78. The minimum absolute atomic E-state index is 0.549. The Morgan fingerprint density at radius 1 is 1.55 bits per heavy atom. The van der Waals surface area contributed by atoms with Gasteiger partial charge in [-0.05, 0) is 6.92 Å². The SMILES string of the molecule is COc1c(C)c[c][n+]([O-])c1C. The van der Waals surface area contributed by atoms with Crippen molar-refractivity contribution in [2.24, 2.45) is 0 Å². The summed E-state index contributed by atoms with van der Waals surface area (Å²) in [4.78, 5) is 0. The molecule has 3 heteroatoms. The van der Waals surface area contributed by atoms with Crippen LogP contribution in [-0.2, 0) is 0 Å². The van der Waals surface area contributed by atoms with Gasteiger partial charge in [0.05, 0.1) is 7.11 Å². The molecule has 0 saturated heterocycles. The van der Waals surface area contributed by atoms with Crippen molar-refractivity contribution in [1.82, 2.24) is 0 Å². The summed E-state index contributed by atoms with van der Waals surface area (Å²) in [6.07, 6.45) is 2.52. The van der Waals surface area contributed by atoms with Crippen molar-refractivity contribution in [3.8, 4) is 5.75 Å². The molecule has 0 atom stereocenters. The maximum atomic E-state index is 10.9. The summed E-state index contributed by atoms with van der Waals surface area (Å²) >= 11 is 0. The van der Waals surface area contributed by atoms with Crippen LogP contribution in [0.4, 0.5) is 0 Å². The van der Waals surface area contributed by atoms with Gasteiger partial charge >= 0.3 is 0 Å². The molecule has 1 radical (unpaired) electrons. The average Bonchev–Trinajstić information content (AvgIpc) is 1.99. The van der Waals surface area contributed by atoms with Crippen LogP contribution in [0.15, 0.2) is 6.07 Å². The highest BCUT2D eigenvalue weighted by molar-refractivity contribution is 5.31. The van der Waals surface area contributed by atoms with Gasteiger partial charge in [0.15, 0.2) is 5.75 Å². The van der Waals surface area contributed by atoms with Crippen LogP contribution >= 0.6 is 0 Å². The quantitative estimate of drug-likeness (QED) is 0.439. The van der Waals surface area contributed by atoms with Crippen LogP contribution in [0.5, 0.6) is 5.75 Å². The molecule has 1 rings (SSSR count). The number of pyridine rings is 1. The van der Waals surface area contributed by atoms with Gasteiger partial charge in [-0.25, -0.2) is 0 Å². The summed E-state index contributed by atoms with van der Waals surface area (Å²) in [6.45, 7) is 3.58. The second-order valence-electron chi connectivity index (χ2n) is 2.37. The lowest BCUT2D eigenvalue weighted by Crippen LogP contribution is -2.30. The summed E-state index contributed by atoms with van der Waals surface area (Å²) in [5.41, 5.74) is 1.48. The van der Waals surface area contributed by atoms with E-state index in [-0.39, 0.29) is 0 Å². The van der Waals surface area contributed by atoms with E-state index in [0.717, 1.165) is 5.56 Å². The van der Waals surface area contributed by atoms with Gasteiger partial charge in [0.2, 0.25) is 5.69 Å². The largest absolute Gasteiger partial charge is 0.618 e. The highest BCUT2D eigenvalue weighted by atomic mass is 16.5. The van der Waals surface area contributed by atoms with Crippen LogP contribution in [0.1, 0.15) is 11.3 Å². The maximum absolute atomic E-state index is 10.9. The second-order valence-corrected chi connectivity index (χ2v) is 2.37. The van der Waals surface area contributed by atoms with Crippen molar-refractivity contribution in [3.63, 3.8) is 0 Å². The number of ether oxygens (including phenoxy) is 1. The molecule has 0 bridgehead atoms. The Kier molecular flexibility index (Phi) is 1.98. The van der Waals surface area contributed by atoms with Gasteiger partial charge in [0.25, 0.3) is 6.20 Å². The highest BCUT2D eigenvalue weighted by Gasteiger charge is 2.10. The summed E-state index contributed by atoms with van der Waals surface area (Å²) in [5.74, 6) is 0.638. The zero-order valence-electron chi connectivity index (χ0n) is 6.84. The van der Waals surface area contributed by atoms with E-state index in [1.165, 1.54) is 0 Å². The average molecular weight is 152 g/mol. The fourth-order valence-corrected chi connectivity index (χ4v) is 1.00. The van der Waals surface area contributed by atoms with Crippen LogP contribution < -0.4 is 9.47 Å². The Morgan fingerprint density at radius 2 is 2.18 bits per heavy atom. The highest BCUT2D eigenvalue weighted by Crippen LogP contribution is 2.17. The molecule has 0 N–H and O–H groups in total. The molecule has 0 aliphatic rings. The molecule has 0 fully saturated rings. The molecule has 0 spiro atoms. The predicted molar refractivity (Wildman–Crippen MR) is 40.3 cm³/mol. The molecule has 0 aliphatic heterocycles. The molecule has 0 unspecified atom stereocenters. The van der Waals surface area contributed by atoms with Gasteiger partial charge in [0, 0.05) is 18.6 Å². The molecular weight excluding hydrogens is 142 g/mol. The molecule has 3 nitrogen and oxygen atoms in total. The standard InChI is InChI=1S/C8H10NO2/c1-6-4-5-9(10)7(2)8(6)11-3/h4H,1-3H3. The van der Waals surface area contributed by atoms with E-state index in [1.807, 2.05) is 6.92 Å². The summed E-state index contributed by atoms with van der Waals surface area (Å²) in [5, 5.41) is 10.9. The van der Waals surface area contributed by atoms with Crippen LogP contribution in [0.25, 0.3) is 0 Å². The van der Waals surface area contributed by atoms with Crippen molar-refractivity contribution in [3.05, 3.63) is 28.7 Å². The van der Waals surface area contributed by atoms with Gasteiger partial charge < -0.3 is 9.94 Å². The Labute approximate surface area is 65.8 Å². The van der Waals surface area contributed by atoms with Crippen LogP contribution in [0.3, 0.4) is 0 Å².